The van der Waals surface area contributed by atoms with Crippen LogP contribution in [0.2, 0.25) is 0 Å². The van der Waals surface area contributed by atoms with Crippen molar-refractivity contribution in [2.24, 2.45) is 0 Å². The normalized spacial score (nSPS) is 13.6. The summed E-state index contributed by atoms with van der Waals surface area (Å²) in [6, 6.07) is 58.3. The number of benzene rings is 8. The van der Waals surface area contributed by atoms with Gasteiger partial charge in [-0.25, -0.2) is 4.98 Å². The van der Waals surface area contributed by atoms with E-state index in [1.165, 1.54) is 86.3 Å². The molecule has 8 aromatic carbocycles. The third-order valence-corrected chi connectivity index (χ3v) is 13.9. The quantitative estimate of drug-likeness (QED) is 0.180. The highest BCUT2D eigenvalue weighted by molar-refractivity contribution is 7.26. The fourth-order valence-electron chi connectivity index (χ4n) is 10.0. The first kappa shape index (κ1) is 31.3. The van der Waals surface area contributed by atoms with Gasteiger partial charge < -0.3 is 13.7 Å². The van der Waals surface area contributed by atoms with E-state index in [2.05, 4.69) is 186 Å². The van der Waals surface area contributed by atoms with E-state index >= 15 is 0 Å². The molecular formula is C52H33N3OS. The topological polar surface area (TPSA) is 33.7 Å². The smallest absolute Gasteiger partial charge is 0.182 e. The Hall–Kier alpha value is -6.95. The Kier molecular flexibility index (Phi) is 6.09. The third-order valence-electron chi connectivity index (χ3n) is 12.7. The first-order chi connectivity index (χ1) is 28.0. The van der Waals surface area contributed by atoms with Crippen molar-refractivity contribution in [2.45, 2.75) is 19.3 Å². The van der Waals surface area contributed by atoms with Crippen LogP contribution in [-0.4, -0.2) is 9.38 Å². The highest BCUT2D eigenvalue weighted by atomic mass is 32.1. The predicted octanol–water partition coefficient (Wildman–Crippen LogP) is 14.8. The van der Waals surface area contributed by atoms with Gasteiger partial charge in [0.2, 0.25) is 0 Å². The van der Waals surface area contributed by atoms with Gasteiger partial charge >= 0.3 is 0 Å². The summed E-state index contributed by atoms with van der Waals surface area (Å²) >= 11 is 1.88. The summed E-state index contributed by atoms with van der Waals surface area (Å²) in [5.74, 6) is 0. The van der Waals surface area contributed by atoms with Gasteiger partial charge in [-0.1, -0.05) is 111 Å². The Labute approximate surface area is 331 Å². The van der Waals surface area contributed by atoms with Crippen LogP contribution in [0.4, 0.5) is 17.1 Å². The highest BCUT2D eigenvalue weighted by Gasteiger charge is 2.36. The summed E-state index contributed by atoms with van der Waals surface area (Å²) in [4.78, 5) is 7.09. The van der Waals surface area contributed by atoms with Crippen molar-refractivity contribution in [3.8, 4) is 22.3 Å². The molecule has 13 rings (SSSR count). The van der Waals surface area contributed by atoms with Crippen molar-refractivity contribution in [1.29, 1.82) is 0 Å². The molecule has 0 amide bonds. The van der Waals surface area contributed by atoms with Crippen molar-refractivity contribution in [3.05, 3.63) is 175 Å². The standard InChI is InChI=1S/C52H33N3OS/c1-52(2)42-15-6-3-10-35(42)36-24-22-33(27-43(36)52)54(31-20-18-30(19-21-31)34-13-9-14-38-37-11-5-8-17-47(37)57-51(34)38)32-23-25-46-40(26-32)41-28-44-50(56-29-53-44)48-39-12-4-7-16-45(39)55(46)49(41)48/h3-29H,1-2H3. The van der Waals surface area contributed by atoms with Gasteiger partial charge in [0.25, 0.3) is 0 Å². The molecule has 0 atom stereocenters. The highest BCUT2D eigenvalue weighted by Crippen LogP contribution is 2.51. The molecule has 0 fully saturated rings. The predicted molar refractivity (Wildman–Crippen MR) is 239 cm³/mol. The van der Waals surface area contributed by atoms with Crippen LogP contribution < -0.4 is 4.90 Å². The lowest BCUT2D eigenvalue weighted by molar-refractivity contribution is 0.605. The average Bonchev–Trinajstić information content (AvgIpc) is 4.06. The lowest BCUT2D eigenvalue weighted by atomic mass is 9.82. The molecule has 0 spiro atoms. The van der Waals surface area contributed by atoms with Gasteiger partial charge in [0, 0.05) is 58.8 Å². The second kappa shape index (κ2) is 11.1. The van der Waals surface area contributed by atoms with Crippen LogP contribution in [0.15, 0.2) is 169 Å². The van der Waals surface area contributed by atoms with E-state index in [0.29, 0.717) is 0 Å². The zero-order valence-corrected chi connectivity index (χ0v) is 32.1. The first-order valence-electron chi connectivity index (χ1n) is 19.5. The second-order valence-electron chi connectivity index (χ2n) is 16.0. The van der Waals surface area contributed by atoms with Crippen LogP contribution in [0, 0.1) is 0 Å². The molecule has 268 valence electrons. The Bertz CT molecular complexity index is 3620. The molecule has 0 saturated heterocycles. The molecule has 0 radical (unpaired) electrons. The molecule has 5 heteroatoms. The molecule has 1 aliphatic rings. The van der Waals surface area contributed by atoms with Gasteiger partial charge in [0.05, 0.1) is 21.9 Å². The number of hydrogen-bond acceptors (Lipinski definition) is 4. The summed E-state index contributed by atoms with van der Waals surface area (Å²) in [7, 11) is 0. The lowest BCUT2D eigenvalue weighted by Crippen LogP contribution is -2.16. The number of para-hydroxylation sites is 1. The minimum Gasteiger partial charge on any atom is -0.443 e. The Morgan fingerprint density at radius 1 is 0.561 bits per heavy atom. The van der Waals surface area contributed by atoms with E-state index in [-0.39, 0.29) is 5.41 Å². The maximum absolute atomic E-state index is 6.04. The largest absolute Gasteiger partial charge is 0.443 e. The van der Waals surface area contributed by atoms with E-state index < -0.39 is 0 Å². The Morgan fingerprint density at radius 2 is 1.26 bits per heavy atom. The molecule has 57 heavy (non-hydrogen) atoms. The number of aromatic nitrogens is 2. The number of rotatable bonds is 4. The Balaban J connectivity index is 1.03. The molecule has 1 aliphatic carbocycles. The molecule has 4 heterocycles. The molecule has 12 aromatic rings. The minimum absolute atomic E-state index is 0.123. The van der Waals surface area contributed by atoms with Crippen molar-refractivity contribution < 1.29 is 4.42 Å². The fourth-order valence-corrected chi connectivity index (χ4v) is 11.3. The summed E-state index contributed by atoms with van der Waals surface area (Å²) in [5, 5.41) is 7.30. The molecule has 0 bridgehead atoms. The summed E-state index contributed by atoms with van der Waals surface area (Å²) in [6.45, 7) is 4.71. The summed E-state index contributed by atoms with van der Waals surface area (Å²) in [6.07, 6.45) is 1.57. The van der Waals surface area contributed by atoms with Crippen molar-refractivity contribution >= 4 is 97.8 Å². The zero-order valence-electron chi connectivity index (χ0n) is 31.2. The first-order valence-corrected chi connectivity index (χ1v) is 20.3. The van der Waals surface area contributed by atoms with Crippen LogP contribution in [0.3, 0.4) is 0 Å². The average molecular weight is 748 g/mol. The van der Waals surface area contributed by atoms with Crippen LogP contribution in [0.25, 0.3) is 91.6 Å². The van der Waals surface area contributed by atoms with Gasteiger partial charge in [-0.05, 0) is 94.0 Å². The van der Waals surface area contributed by atoms with Crippen LogP contribution >= 0.6 is 11.3 Å². The number of anilines is 3. The molecule has 4 nitrogen and oxygen atoms in total. The van der Waals surface area contributed by atoms with Crippen molar-refractivity contribution in [1.82, 2.24) is 9.38 Å². The van der Waals surface area contributed by atoms with Crippen molar-refractivity contribution in [2.75, 3.05) is 4.90 Å². The minimum atomic E-state index is -0.123. The molecule has 0 saturated carbocycles. The number of hydrogen-bond donors (Lipinski definition) is 0. The van der Waals surface area contributed by atoms with Gasteiger partial charge in [-0.15, -0.1) is 11.3 Å². The van der Waals surface area contributed by atoms with E-state index in [9.17, 15) is 0 Å². The van der Waals surface area contributed by atoms with Gasteiger partial charge in [0.1, 0.15) is 5.52 Å². The monoisotopic (exact) mass is 747 g/mol. The molecule has 0 aliphatic heterocycles. The van der Waals surface area contributed by atoms with Crippen LogP contribution in [-0.2, 0) is 5.41 Å². The lowest BCUT2D eigenvalue weighted by Gasteiger charge is -2.28. The van der Waals surface area contributed by atoms with E-state index in [4.69, 9.17) is 4.42 Å². The van der Waals surface area contributed by atoms with E-state index in [1.54, 1.807) is 6.39 Å². The Morgan fingerprint density at radius 3 is 2.18 bits per heavy atom. The molecule has 4 aromatic heterocycles. The number of nitrogens with zero attached hydrogens (tertiary/aromatic N) is 3. The molecular weight excluding hydrogens is 715 g/mol. The number of oxazole rings is 1. The van der Waals surface area contributed by atoms with E-state index in [0.717, 1.165) is 33.5 Å². The SMILES string of the molecule is CC1(C)c2ccccc2-c2ccc(N(c3ccc(-c4cccc5c4sc4ccccc45)cc3)c3ccc4c(c3)c3cc5ncoc5c5c6ccccc6n4c35)cc21. The summed E-state index contributed by atoms with van der Waals surface area (Å²) in [5.41, 5.74) is 16.3. The summed E-state index contributed by atoms with van der Waals surface area (Å²) < 4.78 is 11.1. The molecule has 0 unspecified atom stereocenters. The van der Waals surface area contributed by atoms with Crippen molar-refractivity contribution in [3.63, 3.8) is 0 Å². The maximum Gasteiger partial charge on any atom is 0.182 e. The third kappa shape index (κ3) is 4.13. The molecule has 0 N–H and O–H groups in total. The maximum atomic E-state index is 6.04. The van der Waals surface area contributed by atoms with E-state index in [1.807, 2.05) is 11.3 Å². The van der Waals surface area contributed by atoms with Crippen LogP contribution in [0.5, 0.6) is 0 Å². The van der Waals surface area contributed by atoms with Crippen LogP contribution in [0.1, 0.15) is 25.0 Å². The van der Waals surface area contributed by atoms with Gasteiger partial charge in [-0.2, -0.15) is 0 Å². The number of thiophene rings is 1. The second-order valence-corrected chi connectivity index (χ2v) is 17.0. The fraction of sp³-hybridized carbons (Fsp3) is 0.0577. The zero-order chi connectivity index (χ0) is 37.6. The van der Waals surface area contributed by atoms with Gasteiger partial charge in [-0.3, -0.25) is 0 Å². The number of fused-ring (bicyclic) bond motifs is 14. The van der Waals surface area contributed by atoms with Gasteiger partial charge in [0.15, 0.2) is 12.0 Å².